The molecule has 0 radical (unpaired) electrons. The molecule has 0 atom stereocenters. The van der Waals surface area contributed by atoms with Gasteiger partial charge in [-0.1, -0.05) is 6.07 Å². The minimum Gasteiger partial charge on any atom is -0.497 e. The van der Waals surface area contributed by atoms with Crippen molar-refractivity contribution in [2.45, 2.75) is 0 Å². The number of nitrogens with zero attached hydrogens (tertiary/aromatic N) is 2. The van der Waals surface area contributed by atoms with E-state index in [0.717, 1.165) is 0 Å². The highest BCUT2D eigenvalue weighted by Gasteiger charge is 2.16. The highest BCUT2D eigenvalue weighted by Crippen LogP contribution is 2.32. The third-order valence-corrected chi connectivity index (χ3v) is 3.29. The van der Waals surface area contributed by atoms with Gasteiger partial charge in [-0.05, 0) is 24.3 Å². The van der Waals surface area contributed by atoms with Crippen molar-refractivity contribution in [1.82, 2.24) is 9.55 Å². The molecule has 5 nitrogen and oxygen atoms in total. The van der Waals surface area contributed by atoms with E-state index in [9.17, 15) is 4.39 Å². The molecule has 0 unspecified atom stereocenters. The number of imidazole rings is 1. The number of hydrogen-bond acceptors (Lipinski definition) is 4. The average molecular weight is 287 g/mol. The summed E-state index contributed by atoms with van der Waals surface area (Å²) in [5.41, 5.74) is 7.43. The van der Waals surface area contributed by atoms with Gasteiger partial charge in [-0.25, -0.2) is 9.37 Å². The second-order valence-corrected chi connectivity index (χ2v) is 4.45. The van der Waals surface area contributed by atoms with Crippen LogP contribution >= 0.6 is 0 Å². The summed E-state index contributed by atoms with van der Waals surface area (Å²) >= 11 is 0. The van der Waals surface area contributed by atoms with Crippen LogP contribution < -0.4 is 15.2 Å². The first-order chi connectivity index (χ1) is 10.2. The van der Waals surface area contributed by atoms with E-state index >= 15 is 0 Å². The fraction of sp³-hybridized carbons (Fsp3) is 0.133. The highest BCUT2D eigenvalue weighted by atomic mass is 19.1. The first-order valence-corrected chi connectivity index (χ1v) is 6.30. The van der Waals surface area contributed by atoms with Crippen molar-refractivity contribution >= 4 is 17.0 Å². The van der Waals surface area contributed by atoms with Gasteiger partial charge in [0, 0.05) is 6.07 Å². The Morgan fingerprint density at radius 2 is 1.95 bits per heavy atom. The van der Waals surface area contributed by atoms with Crippen LogP contribution in [0.2, 0.25) is 0 Å². The van der Waals surface area contributed by atoms with Gasteiger partial charge in [0.2, 0.25) is 5.95 Å². The summed E-state index contributed by atoms with van der Waals surface area (Å²) in [6.07, 6.45) is 0. The van der Waals surface area contributed by atoms with Gasteiger partial charge < -0.3 is 15.2 Å². The van der Waals surface area contributed by atoms with Gasteiger partial charge in [-0.2, -0.15) is 0 Å². The van der Waals surface area contributed by atoms with Gasteiger partial charge in [0.1, 0.15) is 17.0 Å². The number of methoxy groups -OCH3 is 2. The summed E-state index contributed by atoms with van der Waals surface area (Å²) in [6.45, 7) is 0. The van der Waals surface area contributed by atoms with E-state index in [1.807, 2.05) is 0 Å². The topological polar surface area (TPSA) is 62.3 Å². The molecule has 1 heterocycles. The molecule has 0 amide bonds. The van der Waals surface area contributed by atoms with Gasteiger partial charge in [0.25, 0.3) is 0 Å². The van der Waals surface area contributed by atoms with Crippen LogP contribution in [0.3, 0.4) is 0 Å². The molecule has 1 aromatic heterocycles. The SMILES string of the molecule is COc1ccc(-n2c(N)nc3c(F)cccc32)c(OC)c1. The Morgan fingerprint density at radius 3 is 2.67 bits per heavy atom. The summed E-state index contributed by atoms with van der Waals surface area (Å²) in [7, 11) is 3.12. The van der Waals surface area contributed by atoms with Crippen LogP contribution in [0.25, 0.3) is 16.7 Å². The average Bonchev–Trinajstić information content (AvgIpc) is 2.84. The second kappa shape index (κ2) is 4.97. The molecule has 0 aliphatic carbocycles. The highest BCUT2D eigenvalue weighted by molar-refractivity contribution is 5.82. The van der Waals surface area contributed by atoms with E-state index in [2.05, 4.69) is 4.98 Å². The number of rotatable bonds is 3. The summed E-state index contributed by atoms with van der Waals surface area (Å²) in [5, 5.41) is 0. The molecule has 3 aromatic rings. The molecule has 0 spiro atoms. The molecule has 0 fully saturated rings. The maximum absolute atomic E-state index is 13.8. The third kappa shape index (κ3) is 2.05. The standard InChI is InChI=1S/C15H14FN3O2/c1-20-9-6-7-11(13(8-9)21-2)19-12-5-3-4-10(16)14(12)18-15(19)17/h3-8H,1-2H3,(H2,17,18). The molecule has 108 valence electrons. The summed E-state index contributed by atoms with van der Waals surface area (Å²) < 4.78 is 26.0. The van der Waals surface area contributed by atoms with Crippen molar-refractivity contribution in [1.29, 1.82) is 0 Å². The number of para-hydroxylation sites is 1. The monoisotopic (exact) mass is 287 g/mol. The van der Waals surface area contributed by atoms with E-state index in [1.54, 1.807) is 49.1 Å². The Kier molecular flexibility index (Phi) is 3.13. The van der Waals surface area contributed by atoms with Crippen molar-refractivity contribution in [2.75, 3.05) is 20.0 Å². The zero-order valence-electron chi connectivity index (χ0n) is 11.6. The molecule has 2 N–H and O–H groups in total. The Labute approximate surface area is 120 Å². The summed E-state index contributed by atoms with van der Waals surface area (Å²) in [4.78, 5) is 4.09. The summed E-state index contributed by atoms with van der Waals surface area (Å²) in [5.74, 6) is 0.998. The molecule has 0 saturated heterocycles. The zero-order chi connectivity index (χ0) is 15.0. The molecule has 0 aliphatic heterocycles. The zero-order valence-corrected chi connectivity index (χ0v) is 11.6. The third-order valence-electron chi connectivity index (χ3n) is 3.29. The fourth-order valence-corrected chi connectivity index (χ4v) is 2.31. The Morgan fingerprint density at radius 1 is 1.14 bits per heavy atom. The second-order valence-electron chi connectivity index (χ2n) is 4.45. The number of anilines is 1. The number of aromatic nitrogens is 2. The van der Waals surface area contributed by atoms with E-state index in [4.69, 9.17) is 15.2 Å². The van der Waals surface area contributed by atoms with E-state index < -0.39 is 5.82 Å². The molecule has 0 aliphatic rings. The molecule has 3 rings (SSSR count). The smallest absolute Gasteiger partial charge is 0.206 e. The lowest BCUT2D eigenvalue weighted by molar-refractivity contribution is 0.393. The van der Waals surface area contributed by atoms with Crippen LogP contribution in [0.1, 0.15) is 0 Å². The van der Waals surface area contributed by atoms with Crippen LogP contribution in [0.4, 0.5) is 10.3 Å². The Bertz CT molecular complexity index is 814. The van der Waals surface area contributed by atoms with Crippen LogP contribution in [0, 0.1) is 5.82 Å². The molecule has 0 bridgehead atoms. The first kappa shape index (κ1) is 13.2. The fourth-order valence-electron chi connectivity index (χ4n) is 2.31. The lowest BCUT2D eigenvalue weighted by Crippen LogP contribution is -2.03. The summed E-state index contributed by atoms with van der Waals surface area (Å²) in [6, 6.07) is 10.0. The lowest BCUT2D eigenvalue weighted by Gasteiger charge is -2.13. The predicted molar refractivity (Wildman–Crippen MR) is 78.5 cm³/mol. The maximum atomic E-state index is 13.8. The van der Waals surface area contributed by atoms with E-state index in [-0.39, 0.29) is 11.5 Å². The van der Waals surface area contributed by atoms with E-state index in [1.165, 1.54) is 6.07 Å². The van der Waals surface area contributed by atoms with Crippen molar-refractivity contribution in [3.05, 3.63) is 42.2 Å². The number of ether oxygens (including phenoxy) is 2. The van der Waals surface area contributed by atoms with Gasteiger partial charge >= 0.3 is 0 Å². The number of benzene rings is 2. The molecular formula is C15H14FN3O2. The Hall–Kier alpha value is -2.76. The van der Waals surface area contributed by atoms with Crippen molar-refractivity contribution in [3.8, 4) is 17.2 Å². The number of fused-ring (bicyclic) bond motifs is 1. The van der Waals surface area contributed by atoms with E-state index in [0.29, 0.717) is 22.7 Å². The van der Waals surface area contributed by atoms with Crippen LogP contribution in [0.15, 0.2) is 36.4 Å². The molecule has 2 aromatic carbocycles. The van der Waals surface area contributed by atoms with Gasteiger partial charge in [0.05, 0.1) is 25.4 Å². The lowest BCUT2D eigenvalue weighted by atomic mass is 10.2. The first-order valence-electron chi connectivity index (χ1n) is 6.30. The minimum absolute atomic E-state index is 0.193. The number of nitrogens with two attached hydrogens (primary N) is 1. The molecule has 0 saturated carbocycles. The van der Waals surface area contributed by atoms with Crippen molar-refractivity contribution in [2.24, 2.45) is 0 Å². The van der Waals surface area contributed by atoms with Crippen LogP contribution in [-0.2, 0) is 0 Å². The van der Waals surface area contributed by atoms with Gasteiger partial charge in [0.15, 0.2) is 5.82 Å². The predicted octanol–water partition coefficient (Wildman–Crippen LogP) is 2.76. The van der Waals surface area contributed by atoms with Crippen molar-refractivity contribution < 1.29 is 13.9 Å². The number of hydrogen-bond donors (Lipinski definition) is 1. The minimum atomic E-state index is -0.412. The Balaban J connectivity index is 2.30. The normalized spacial score (nSPS) is 10.8. The van der Waals surface area contributed by atoms with Crippen LogP contribution in [0.5, 0.6) is 11.5 Å². The maximum Gasteiger partial charge on any atom is 0.206 e. The molecule has 6 heteroatoms. The van der Waals surface area contributed by atoms with Crippen LogP contribution in [-0.4, -0.2) is 23.8 Å². The number of halogens is 1. The van der Waals surface area contributed by atoms with Gasteiger partial charge in [-0.3, -0.25) is 4.57 Å². The van der Waals surface area contributed by atoms with Crippen molar-refractivity contribution in [3.63, 3.8) is 0 Å². The number of nitrogen functional groups attached to an aromatic ring is 1. The molecular weight excluding hydrogens is 273 g/mol. The largest absolute Gasteiger partial charge is 0.497 e. The van der Waals surface area contributed by atoms with Gasteiger partial charge in [-0.15, -0.1) is 0 Å². The molecule has 21 heavy (non-hydrogen) atoms. The quantitative estimate of drug-likeness (QED) is 0.804.